The maximum atomic E-state index is 12.6. The Balaban J connectivity index is 1.68. The Morgan fingerprint density at radius 3 is 2.44 bits per heavy atom. The first-order valence-electron chi connectivity index (χ1n) is 9.00. The van der Waals surface area contributed by atoms with Gasteiger partial charge in [-0.15, -0.1) is 0 Å². The van der Waals surface area contributed by atoms with Gasteiger partial charge < -0.3 is 19.3 Å². The van der Waals surface area contributed by atoms with Crippen molar-refractivity contribution in [2.45, 2.75) is 20.0 Å². The fourth-order valence-electron chi connectivity index (χ4n) is 3.28. The minimum absolute atomic E-state index is 0.207. The summed E-state index contributed by atoms with van der Waals surface area (Å²) in [6.45, 7) is 5.37. The Labute approximate surface area is 158 Å². The number of nitrogens with zero attached hydrogens (tertiary/aromatic N) is 3. The number of aryl methyl sites for hydroxylation is 1. The molecule has 1 aliphatic rings. The number of piperazine rings is 1. The van der Waals surface area contributed by atoms with Crippen molar-refractivity contribution >= 4 is 6.09 Å². The maximum Gasteiger partial charge on any atom is 0.409 e. The molecule has 1 saturated heterocycles. The van der Waals surface area contributed by atoms with Crippen molar-refractivity contribution < 1.29 is 14.6 Å². The average Bonchev–Trinajstić information content (AvgIpc) is 2.69. The lowest BCUT2D eigenvalue weighted by Crippen LogP contribution is -2.48. The monoisotopic (exact) mass is 371 g/mol. The Morgan fingerprint density at radius 2 is 1.78 bits per heavy atom. The molecule has 7 nitrogen and oxygen atoms in total. The van der Waals surface area contributed by atoms with Crippen molar-refractivity contribution in [3.05, 3.63) is 63.6 Å². The summed E-state index contributed by atoms with van der Waals surface area (Å²) in [6, 6.07) is 9.68. The first-order valence-corrected chi connectivity index (χ1v) is 9.00. The summed E-state index contributed by atoms with van der Waals surface area (Å²) in [4.78, 5) is 27.9. The van der Waals surface area contributed by atoms with Crippen molar-refractivity contribution in [2.75, 3.05) is 33.3 Å². The van der Waals surface area contributed by atoms with Crippen molar-refractivity contribution in [3.63, 3.8) is 0 Å². The second-order valence-electron chi connectivity index (χ2n) is 6.78. The van der Waals surface area contributed by atoms with E-state index in [1.807, 2.05) is 31.2 Å². The highest BCUT2D eigenvalue weighted by molar-refractivity contribution is 5.67. The summed E-state index contributed by atoms with van der Waals surface area (Å²) in [5.74, 6) is -0.207. The largest absolute Gasteiger partial charge is 0.503 e. The summed E-state index contributed by atoms with van der Waals surface area (Å²) >= 11 is 0. The molecule has 0 atom stereocenters. The van der Waals surface area contributed by atoms with Gasteiger partial charge in [0.25, 0.3) is 5.56 Å². The molecule has 2 heterocycles. The molecule has 0 spiro atoms. The topological polar surface area (TPSA) is 75.0 Å². The zero-order valence-electron chi connectivity index (χ0n) is 15.7. The SMILES string of the molecule is COC(=O)N1CCN(Cc2ccn(Cc3ccccc3C)c(=O)c2O)CC1. The summed E-state index contributed by atoms with van der Waals surface area (Å²) in [5, 5.41) is 10.4. The number of aromatic hydroxyl groups is 1. The third-order valence-electron chi connectivity index (χ3n) is 5.02. The molecule has 2 aromatic rings. The molecule has 144 valence electrons. The zero-order valence-corrected chi connectivity index (χ0v) is 15.7. The van der Waals surface area contributed by atoms with Crippen LogP contribution >= 0.6 is 0 Å². The van der Waals surface area contributed by atoms with Crippen molar-refractivity contribution in [3.8, 4) is 5.75 Å². The lowest BCUT2D eigenvalue weighted by Gasteiger charge is -2.33. The highest BCUT2D eigenvalue weighted by atomic mass is 16.5. The van der Waals surface area contributed by atoms with Gasteiger partial charge in [-0.1, -0.05) is 24.3 Å². The smallest absolute Gasteiger partial charge is 0.409 e. The number of rotatable bonds is 4. The lowest BCUT2D eigenvalue weighted by molar-refractivity contribution is 0.0885. The predicted molar refractivity (Wildman–Crippen MR) is 102 cm³/mol. The summed E-state index contributed by atoms with van der Waals surface area (Å²) in [5.41, 5.74) is 2.37. The van der Waals surface area contributed by atoms with Crippen LogP contribution in [-0.2, 0) is 17.8 Å². The number of pyridine rings is 1. The Morgan fingerprint density at radius 1 is 1.07 bits per heavy atom. The number of hydrogen-bond acceptors (Lipinski definition) is 5. The highest BCUT2D eigenvalue weighted by Gasteiger charge is 2.22. The van der Waals surface area contributed by atoms with Gasteiger partial charge in [-0.05, 0) is 24.1 Å². The molecular weight excluding hydrogens is 346 g/mol. The minimum atomic E-state index is -0.385. The average molecular weight is 371 g/mol. The van der Waals surface area contributed by atoms with E-state index in [2.05, 4.69) is 4.90 Å². The maximum absolute atomic E-state index is 12.6. The van der Waals surface area contributed by atoms with Gasteiger partial charge in [-0.25, -0.2) is 4.79 Å². The fraction of sp³-hybridized carbons (Fsp3) is 0.400. The van der Waals surface area contributed by atoms with E-state index in [0.717, 1.165) is 11.1 Å². The molecule has 27 heavy (non-hydrogen) atoms. The molecule has 1 aromatic carbocycles. The molecule has 1 N–H and O–H groups in total. The van der Waals surface area contributed by atoms with Gasteiger partial charge in [-0.3, -0.25) is 9.69 Å². The van der Waals surface area contributed by atoms with Crippen LogP contribution in [0, 0.1) is 6.92 Å². The van der Waals surface area contributed by atoms with Gasteiger partial charge >= 0.3 is 6.09 Å². The number of aromatic nitrogens is 1. The first kappa shape index (κ1) is 19.0. The highest BCUT2D eigenvalue weighted by Crippen LogP contribution is 2.16. The van der Waals surface area contributed by atoms with Crippen LogP contribution in [0.3, 0.4) is 0 Å². The van der Waals surface area contributed by atoms with Crippen LogP contribution in [0.4, 0.5) is 4.79 Å². The van der Waals surface area contributed by atoms with Gasteiger partial charge in [0.1, 0.15) is 0 Å². The molecule has 0 bridgehead atoms. The number of methoxy groups -OCH3 is 1. The molecule has 0 saturated carbocycles. The normalized spacial score (nSPS) is 15.0. The van der Waals surface area contributed by atoms with Crippen molar-refractivity contribution in [1.82, 2.24) is 14.4 Å². The van der Waals surface area contributed by atoms with Crippen LogP contribution in [-0.4, -0.2) is 58.9 Å². The van der Waals surface area contributed by atoms with E-state index in [-0.39, 0.29) is 17.4 Å². The van der Waals surface area contributed by atoms with Gasteiger partial charge in [-0.2, -0.15) is 0 Å². The van der Waals surface area contributed by atoms with Gasteiger partial charge in [0, 0.05) is 44.5 Å². The van der Waals surface area contributed by atoms with Crippen LogP contribution < -0.4 is 5.56 Å². The number of amides is 1. The standard InChI is InChI=1S/C20H25N3O4/c1-15-5-3-4-6-16(15)14-23-8-7-17(18(24)19(23)25)13-21-9-11-22(12-10-21)20(26)27-2/h3-8,24H,9-14H2,1-2H3. The molecule has 0 radical (unpaired) electrons. The summed E-state index contributed by atoms with van der Waals surface area (Å²) in [6.07, 6.45) is 1.41. The van der Waals surface area contributed by atoms with Crippen LogP contribution in [0.2, 0.25) is 0 Å². The van der Waals surface area contributed by atoms with Crippen LogP contribution in [0.25, 0.3) is 0 Å². The van der Waals surface area contributed by atoms with E-state index in [1.165, 1.54) is 11.7 Å². The number of ether oxygens (including phenoxy) is 1. The molecular formula is C20H25N3O4. The van der Waals surface area contributed by atoms with E-state index in [0.29, 0.717) is 44.8 Å². The van der Waals surface area contributed by atoms with Crippen LogP contribution in [0.15, 0.2) is 41.3 Å². The number of hydrogen-bond donors (Lipinski definition) is 1. The van der Waals surface area contributed by atoms with Gasteiger partial charge in [0.05, 0.1) is 13.7 Å². The second kappa shape index (κ2) is 8.26. The minimum Gasteiger partial charge on any atom is -0.503 e. The second-order valence-corrected chi connectivity index (χ2v) is 6.78. The zero-order chi connectivity index (χ0) is 19.4. The Kier molecular flexibility index (Phi) is 5.81. The number of carbonyl (C=O) groups is 1. The lowest BCUT2D eigenvalue weighted by atomic mass is 10.1. The Bertz CT molecular complexity index is 870. The molecule has 3 rings (SSSR count). The molecule has 1 fully saturated rings. The van der Waals surface area contributed by atoms with Crippen molar-refractivity contribution in [2.24, 2.45) is 0 Å². The fourth-order valence-corrected chi connectivity index (χ4v) is 3.28. The van der Waals surface area contributed by atoms with E-state index < -0.39 is 0 Å². The third kappa shape index (κ3) is 4.31. The summed E-state index contributed by atoms with van der Waals surface area (Å²) < 4.78 is 6.26. The molecule has 1 amide bonds. The van der Waals surface area contributed by atoms with E-state index in [4.69, 9.17) is 4.74 Å². The van der Waals surface area contributed by atoms with E-state index in [9.17, 15) is 14.7 Å². The Hall–Kier alpha value is -2.80. The van der Waals surface area contributed by atoms with Crippen LogP contribution in [0.5, 0.6) is 5.75 Å². The molecule has 0 unspecified atom stereocenters. The summed E-state index contributed by atoms with van der Waals surface area (Å²) in [7, 11) is 1.37. The molecule has 1 aromatic heterocycles. The van der Waals surface area contributed by atoms with Crippen LogP contribution in [0.1, 0.15) is 16.7 Å². The van der Waals surface area contributed by atoms with Gasteiger partial charge in [0.2, 0.25) is 0 Å². The van der Waals surface area contributed by atoms with Crippen molar-refractivity contribution in [1.29, 1.82) is 0 Å². The quantitative estimate of drug-likeness (QED) is 0.887. The molecule has 7 heteroatoms. The van der Waals surface area contributed by atoms with E-state index in [1.54, 1.807) is 17.2 Å². The number of carbonyl (C=O) groups excluding carboxylic acids is 1. The predicted octanol–water partition coefficient (Wildman–Crippen LogP) is 1.79. The molecule has 1 aliphatic heterocycles. The van der Waals surface area contributed by atoms with Gasteiger partial charge in [0.15, 0.2) is 5.75 Å². The third-order valence-corrected chi connectivity index (χ3v) is 5.02. The first-order chi connectivity index (χ1) is 13.0. The number of benzene rings is 1. The van der Waals surface area contributed by atoms with E-state index >= 15 is 0 Å². The molecule has 0 aliphatic carbocycles.